The topological polar surface area (TPSA) is 161 Å². The van der Waals surface area contributed by atoms with Gasteiger partial charge in [0.2, 0.25) is 11.9 Å². The van der Waals surface area contributed by atoms with Crippen molar-refractivity contribution in [1.82, 2.24) is 4.90 Å². The first-order valence-electron chi connectivity index (χ1n) is 20.5. The molecule has 3 aliphatic rings. The number of cyclic esters (lactones) is 1. The third-order valence-corrected chi connectivity index (χ3v) is 13.4. The molecular weight excluding hydrogens is 794 g/mol. The van der Waals surface area contributed by atoms with Crippen molar-refractivity contribution in [2.75, 3.05) is 23.7 Å². The number of benzene rings is 3. The summed E-state index contributed by atoms with van der Waals surface area (Å²) in [5.74, 6) is -0.714. The molecule has 3 heterocycles. The van der Waals surface area contributed by atoms with Crippen molar-refractivity contribution < 1.29 is 41.6 Å². The van der Waals surface area contributed by atoms with E-state index in [0.717, 1.165) is 37.0 Å². The number of para-hydroxylation sites is 2. The zero-order valence-electron chi connectivity index (χ0n) is 34.6. The first-order chi connectivity index (χ1) is 28.1. The van der Waals surface area contributed by atoms with Gasteiger partial charge in [0.25, 0.3) is 21.8 Å². The van der Waals surface area contributed by atoms with Crippen LogP contribution in [0.3, 0.4) is 0 Å². The fourth-order valence-electron chi connectivity index (χ4n) is 8.35. The molecule has 0 radical (unpaired) electrons. The number of unbranched alkanes of at least 4 members (excludes halogenated alkanes) is 2. The first-order valence-corrected chi connectivity index (χ1v) is 22.4. The van der Waals surface area contributed by atoms with E-state index in [1.54, 1.807) is 36.4 Å². The van der Waals surface area contributed by atoms with Crippen LogP contribution in [0.1, 0.15) is 103 Å². The Morgan fingerprint density at radius 2 is 1.69 bits per heavy atom. The predicted octanol–water partition coefficient (Wildman–Crippen LogP) is 9.10. The zero-order chi connectivity index (χ0) is 42.7. The number of methoxy groups -OCH3 is 1. The molecular formula is C44H55ClN5O8S+. The number of anilines is 2. The Morgan fingerprint density at radius 3 is 2.39 bits per heavy atom. The van der Waals surface area contributed by atoms with Gasteiger partial charge in [-0.05, 0) is 80.0 Å². The summed E-state index contributed by atoms with van der Waals surface area (Å²) in [5.41, 5.74) is -0.0245. The lowest BCUT2D eigenvalue weighted by atomic mass is 9.90. The molecule has 4 amide bonds. The number of sulfonamides is 1. The lowest BCUT2D eigenvalue weighted by molar-refractivity contribution is -0.648. The number of ether oxygens (including phenoxy) is 2. The van der Waals surface area contributed by atoms with Crippen LogP contribution in [0.25, 0.3) is 0 Å². The number of carbonyl (C=O) groups excluding carboxylic acids is 4. The summed E-state index contributed by atoms with van der Waals surface area (Å²) in [7, 11) is -2.70. The Bertz CT molecular complexity index is 2250. The van der Waals surface area contributed by atoms with Crippen LogP contribution in [-0.2, 0) is 24.3 Å². The van der Waals surface area contributed by atoms with E-state index < -0.39 is 56.0 Å². The highest BCUT2D eigenvalue weighted by Crippen LogP contribution is 2.56. The molecule has 2 fully saturated rings. The number of amides is 4. The van der Waals surface area contributed by atoms with E-state index in [0.29, 0.717) is 36.6 Å². The lowest BCUT2D eigenvalue weighted by Gasteiger charge is -2.34. The van der Waals surface area contributed by atoms with Crippen LogP contribution in [0.2, 0.25) is 5.02 Å². The number of hydrogen-bond donors (Lipinski definition) is 2. The maximum absolute atomic E-state index is 15.5. The van der Waals surface area contributed by atoms with Crippen molar-refractivity contribution in [2.24, 2.45) is 16.8 Å². The van der Waals surface area contributed by atoms with E-state index >= 15 is 4.79 Å². The maximum Gasteiger partial charge on any atom is 0.418 e. The van der Waals surface area contributed by atoms with Gasteiger partial charge in [0.15, 0.2) is 11.6 Å². The number of aliphatic imine (C=N–C) groups is 1. The highest BCUT2D eigenvalue weighted by atomic mass is 35.5. The van der Waals surface area contributed by atoms with Gasteiger partial charge >= 0.3 is 12.0 Å². The van der Waals surface area contributed by atoms with Gasteiger partial charge in [-0.3, -0.25) is 14.3 Å². The fraction of sp³-hybridized carbons (Fsp3) is 0.477. The minimum Gasteiger partial charge on any atom is -0.495 e. The average Bonchev–Trinajstić information content (AvgIpc) is 3.77. The Balaban J connectivity index is 1.53. The van der Waals surface area contributed by atoms with E-state index in [1.165, 1.54) is 37.4 Å². The normalized spacial score (nSPS) is 21.7. The van der Waals surface area contributed by atoms with Crippen LogP contribution in [0.4, 0.5) is 21.9 Å². The van der Waals surface area contributed by atoms with Gasteiger partial charge in [-0.15, -0.1) is 0 Å². The molecule has 1 spiro atoms. The van der Waals surface area contributed by atoms with Crippen molar-refractivity contribution in [3.63, 3.8) is 0 Å². The first kappa shape index (κ1) is 43.8. The molecule has 15 heteroatoms. The van der Waals surface area contributed by atoms with E-state index in [-0.39, 0.29) is 51.6 Å². The summed E-state index contributed by atoms with van der Waals surface area (Å²) < 4.78 is 40.4. The number of quaternary nitrogens is 1. The number of fused-ring (bicyclic) bond motifs is 1. The minimum atomic E-state index is -4.16. The molecule has 3 aromatic carbocycles. The Labute approximate surface area is 352 Å². The van der Waals surface area contributed by atoms with Gasteiger partial charge in [-0.25, -0.2) is 22.9 Å². The second kappa shape index (κ2) is 17.8. The fourth-order valence-corrected chi connectivity index (χ4v) is 9.92. The molecule has 2 N–H and O–H groups in total. The summed E-state index contributed by atoms with van der Waals surface area (Å²) in [5, 5.41) is 2.92. The molecule has 0 aromatic heterocycles. The second-order valence-electron chi connectivity index (χ2n) is 16.6. The minimum absolute atomic E-state index is 0.0355. The molecule has 4 unspecified atom stereocenters. The number of halogens is 1. The van der Waals surface area contributed by atoms with Crippen molar-refractivity contribution in [3.05, 3.63) is 77.3 Å². The molecule has 4 atom stereocenters. The van der Waals surface area contributed by atoms with Crippen molar-refractivity contribution in [3.8, 4) is 5.75 Å². The van der Waals surface area contributed by atoms with Crippen LogP contribution in [0.15, 0.2) is 76.6 Å². The smallest absolute Gasteiger partial charge is 0.418 e. The van der Waals surface area contributed by atoms with Gasteiger partial charge in [0, 0.05) is 18.5 Å². The van der Waals surface area contributed by atoms with Crippen molar-refractivity contribution in [2.45, 2.75) is 115 Å². The number of imide groups is 1. The molecule has 3 aliphatic heterocycles. The quantitative estimate of drug-likeness (QED) is 0.0686. The molecule has 13 nitrogen and oxygen atoms in total. The summed E-state index contributed by atoms with van der Waals surface area (Å²) in [6.07, 6.45) is 4.22. The third-order valence-electron chi connectivity index (χ3n) is 11.6. The van der Waals surface area contributed by atoms with Crippen LogP contribution in [0, 0.1) is 11.8 Å². The standard InChI is InChI=1S/C44H54ClN5O8S/c1-7-8-18-36-41(52)49(43(54)58-36)38(40(51)47-34-17-10-11-19-35(34)57-6)39-46-33-22-21-30(48-59(55,56)37-20-12-9-16-32(37)45)26-31(33)42(53)50(39)27-44(50,25-23-29(4)5)24-14-13-15-28(2)3/h9-12,16-17,19-22,26,28-29,36,38,48H,7-8,13-15,18,23-25,27H2,1-6H3/p+1. The van der Waals surface area contributed by atoms with Gasteiger partial charge in [0.05, 0.1) is 23.5 Å². The SMILES string of the molecule is CCCCC1OC(=O)N(C(C(=O)Nc2ccccc2OC)C2=Nc3ccc(NS(=O)(=O)c4ccccc4Cl)cc3C(=O)[N+]23CC3(CCCCC(C)C)CCC(C)C)C1=O. The van der Waals surface area contributed by atoms with Crippen LogP contribution < -0.4 is 14.8 Å². The van der Waals surface area contributed by atoms with E-state index in [4.69, 9.17) is 26.1 Å². The molecule has 3 aromatic rings. The zero-order valence-corrected chi connectivity index (χ0v) is 36.2. The van der Waals surface area contributed by atoms with Crippen molar-refractivity contribution in [1.29, 1.82) is 0 Å². The molecule has 59 heavy (non-hydrogen) atoms. The predicted molar refractivity (Wildman–Crippen MR) is 227 cm³/mol. The number of carbonyl (C=O) groups is 4. The van der Waals surface area contributed by atoms with Gasteiger partial charge in [-0.1, -0.05) is 89.7 Å². The maximum atomic E-state index is 15.5. The summed E-state index contributed by atoms with van der Waals surface area (Å²) in [6, 6.07) is 15.6. The second-order valence-corrected chi connectivity index (χ2v) is 18.7. The van der Waals surface area contributed by atoms with E-state index in [1.807, 2.05) is 6.92 Å². The van der Waals surface area contributed by atoms with Crippen molar-refractivity contribution >= 4 is 68.3 Å². The number of nitrogens with zero attached hydrogens (tertiary/aromatic N) is 3. The molecule has 316 valence electrons. The average molecular weight is 849 g/mol. The van der Waals surface area contributed by atoms with Gasteiger partial charge < -0.3 is 14.8 Å². The molecule has 0 bridgehead atoms. The Kier molecular flexibility index (Phi) is 13.2. The third kappa shape index (κ3) is 8.76. The molecule has 0 saturated carbocycles. The summed E-state index contributed by atoms with van der Waals surface area (Å²) in [4.78, 5) is 64.4. The molecule has 0 aliphatic carbocycles. The van der Waals surface area contributed by atoms with Crippen LogP contribution in [-0.4, -0.2) is 78.8 Å². The number of hydrogen-bond acceptors (Lipinski definition) is 9. The highest BCUT2D eigenvalue weighted by molar-refractivity contribution is 7.92. The molecule has 6 rings (SSSR count). The van der Waals surface area contributed by atoms with E-state index in [2.05, 4.69) is 37.7 Å². The number of amidine groups is 1. The summed E-state index contributed by atoms with van der Waals surface area (Å²) >= 11 is 6.27. The highest BCUT2D eigenvalue weighted by Gasteiger charge is 2.79. The van der Waals surface area contributed by atoms with E-state index in [9.17, 15) is 22.8 Å². The number of rotatable bonds is 19. The number of nitrogens with one attached hydrogen (secondary N) is 2. The molecule has 2 saturated heterocycles. The van der Waals surface area contributed by atoms with Crippen LogP contribution in [0.5, 0.6) is 5.75 Å². The Morgan fingerprint density at radius 1 is 0.983 bits per heavy atom. The van der Waals surface area contributed by atoms with Gasteiger partial charge in [-0.2, -0.15) is 9.48 Å². The Hall–Kier alpha value is -4.79. The van der Waals surface area contributed by atoms with Crippen LogP contribution >= 0.6 is 11.6 Å². The summed E-state index contributed by atoms with van der Waals surface area (Å²) in [6.45, 7) is 10.8. The lowest BCUT2D eigenvalue weighted by Crippen LogP contribution is -2.62. The monoisotopic (exact) mass is 848 g/mol. The largest absolute Gasteiger partial charge is 0.495 e. The van der Waals surface area contributed by atoms with Gasteiger partial charge in [0.1, 0.15) is 22.8 Å².